The van der Waals surface area contributed by atoms with Crippen LogP contribution in [0.25, 0.3) is 0 Å². The molecule has 0 spiro atoms. The number of nitrogens with one attached hydrogen (secondary N) is 1. The number of carbonyl (C=O) groups is 1. The minimum Gasteiger partial charge on any atom is -0.465 e. The van der Waals surface area contributed by atoms with Gasteiger partial charge in [0, 0.05) is 6.54 Å². The van der Waals surface area contributed by atoms with Gasteiger partial charge in [-0.1, -0.05) is 29.8 Å². The number of hydrogen-bond acceptors (Lipinski definition) is 3. The quantitative estimate of drug-likeness (QED) is 0.866. The van der Waals surface area contributed by atoms with Crippen molar-refractivity contribution in [1.29, 1.82) is 0 Å². The van der Waals surface area contributed by atoms with E-state index in [9.17, 15) is 9.18 Å². The number of hydrogen-bond donors (Lipinski definition) is 1. The first-order valence-corrected chi connectivity index (χ1v) is 6.27. The van der Waals surface area contributed by atoms with Crippen LogP contribution in [0.3, 0.4) is 0 Å². The number of esters is 1. The average molecular weight is 273 g/mol. The molecule has 0 aromatic heterocycles. The molecule has 0 fully saturated rings. The van der Waals surface area contributed by atoms with Crippen LogP contribution in [0, 0.1) is 12.7 Å². The van der Waals surface area contributed by atoms with E-state index in [0.29, 0.717) is 12.1 Å². The summed E-state index contributed by atoms with van der Waals surface area (Å²) in [4.78, 5) is 11.4. The number of rotatable bonds is 4. The predicted octanol–water partition coefficient (Wildman–Crippen LogP) is 3.53. The van der Waals surface area contributed by atoms with Crippen LogP contribution in [-0.4, -0.2) is 13.1 Å². The minimum atomic E-state index is -0.483. The number of benzene rings is 2. The SMILES string of the molecule is COC(=O)c1ccc(F)c(NCc2cccc(C)c2)c1. The highest BCUT2D eigenvalue weighted by Gasteiger charge is 2.09. The van der Waals surface area contributed by atoms with E-state index in [1.54, 1.807) is 0 Å². The van der Waals surface area contributed by atoms with Crippen LogP contribution in [0.5, 0.6) is 0 Å². The Morgan fingerprint density at radius 2 is 2.05 bits per heavy atom. The molecule has 0 saturated carbocycles. The molecule has 20 heavy (non-hydrogen) atoms. The first kappa shape index (κ1) is 14.1. The maximum atomic E-state index is 13.7. The first-order chi connectivity index (χ1) is 9.60. The van der Waals surface area contributed by atoms with Gasteiger partial charge in [-0.3, -0.25) is 0 Å². The van der Waals surface area contributed by atoms with E-state index in [1.807, 2.05) is 31.2 Å². The van der Waals surface area contributed by atoms with Crippen molar-refractivity contribution >= 4 is 11.7 Å². The Balaban J connectivity index is 2.14. The fraction of sp³-hybridized carbons (Fsp3) is 0.188. The van der Waals surface area contributed by atoms with Gasteiger partial charge in [-0.25, -0.2) is 9.18 Å². The van der Waals surface area contributed by atoms with Crippen molar-refractivity contribution in [2.24, 2.45) is 0 Å². The summed E-state index contributed by atoms with van der Waals surface area (Å²) in [5.41, 5.74) is 2.80. The van der Waals surface area contributed by atoms with E-state index < -0.39 is 11.8 Å². The van der Waals surface area contributed by atoms with Crippen LogP contribution in [0.4, 0.5) is 10.1 Å². The molecule has 0 saturated heterocycles. The molecule has 0 heterocycles. The number of aryl methyl sites for hydroxylation is 1. The molecular formula is C16H16FNO2. The zero-order chi connectivity index (χ0) is 14.5. The molecular weight excluding hydrogens is 257 g/mol. The van der Waals surface area contributed by atoms with Crippen molar-refractivity contribution < 1.29 is 13.9 Å². The highest BCUT2D eigenvalue weighted by atomic mass is 19.1. The van der Waals surface area contributed by atoms with Crippen LogP contribution in [0.15, 0.2) is 42.5 Å². The molecule has 0 aliphatic rings. The molecule has 104 valence electrons. The van der Waals surface area contributed by atoms with Gasteiger partial charge in [0.2, 0.25) is 0 Å². The van der Waals surface area contributed by atoms with Crippen molar-refractivity contribution in [3.63, 3.8) is 0 Å². The van der Waals surface area contributed by atoms with E-state index in [4.69, 9.17) is 0 Å². The molecule has 2 aromatic rings. The maximum Gasteiger partial charge on any atom is 0.337 e. The largest absolute Gasteiger partial charge is 0.465 e. The molecule has 2 aromatic carbocycles. The van der Waals surface area contributed by atoms with Gasteiger partial charge in [-0.2, -0.15) is 0 Å². The minimum absolute atomic E-state index is 0.286. The summed E-state index contributed by atoms with van der Waals surface area (Å²) < 4.78 is 18.3. The van der Waals surface area contributed by atoms with Gasteiger partial charge in [-0.05, 0) is 30.7 Å². The molecule has 1 N–H and O–H groups in total. The lowest BCUT2D eigenvalue weighted by molar-refractivity contribution is 0.0600. The van der Waals surface area contributed by atoms with Gasteiger partial charge in [0.05, 0.1) is 18.4 Å². The summed E-state index contributed by atoms with van der Waals surface area (Å²) >= 11 is 0. The average Bonchev–Trinajstić information content (AvgIpc) is 2.45. The summed E-state index contributed by atoms with van der Waals surface area (Å²) in [6, 6.07) is 12.0. The zero-order valence-electron chi connectivity index (χ0n) is 11.4. The molecule has 2 rings (SSSR count). The highest BCUT2D eigenvalue weighted by Crippen LogP contribution is 2.18. The van der Waals surface area contributed by atoms with Crippen LogP contribution in [0.1, 0.15) is 21.5 Å². The summed E-state index contributed by atoms with van der Waals surface area (Å²) in [6.45, 7) is 2.49. The first-order valence-electron chi connectivity index (χ1n) is 6.27. The Kier molecular flexibility index (Phi) is 4.35. The van der Waals surface area contributed by atoms with Gasteiger partial charge in [0.15, 0.2) is 0 Å². The van der Waals surface area contributed by atoms with Crippen molar-refractivity contribution in [3.8, 4) is 0 Å². The lowest BCUT2D eigenvalue weighted by Crippen LogP contribution is -2.05. The van der Waals surface area contributed by atoms with Gasteiger partial charge >= 0.3 is 5.97 Å². The molecule has 0 unspecified atom stereocenters. The van der Waals surface area contributed by atoms with E-state index in [1.165, 1.54) is 25.3 Å². The third-order valence-electron chi connectivity index (χ3n) is 2.95. The highest BCUT2D eigenvalue weighted by molar-refractivity contribution is 5.90. The summed E-state index contributed by atoms with van der Waals surface area (Å²) in [5, 5.41) is 2.99. The molecule has 0 bridgehead atoms. The molecule has 4 heteroatoms. The Morgan fingerprint density at radius 3 is 2.75 bits per heavy atom. The van der Waals surface area contributed by atoms with Crippen molar-refractivity contribution in [1.82, 2.24) is 0 Å². The molecule has 0 aliphatic carbocycles. The molecule has 3 nitrogen and oxygen atoms in total. The number of halogens is 1. The fourth-order valence-electron chi connectivity index (χ4n) is 1.92. The third kappa shape index (κ3) is 3.35. The normalized spacial score (nSPS) is 10.2. The van der Waals surface area contributed by atoms with Gasteiger partial charge in [0.1, 0.15) is 5.82 Å². The summed E-state index contributed by atoms with van der Waals surface area (Å²) in [5.74, 6) is -0.881. The van der Waals surface area contributed by atoms with E-state index >= 15 is 0 Å². The zero-order valence-corrected chi connectivity index (χ0v) is 11.4. The number of carbonyl (C=O) groups excluding carboxylic acids is 1. The van der Waals surface area contributed by atoms with Crippen molar-refractivity contribution in [3.05, 3.63) is 65.0 Å². The van der Waals surface area contributed by atoms with Gasteiger partial charge < -0.3 is 10.1 Å². The standard InChI is InChI=1S/C16H16FNO2/c1-11-4-3-5-12(8-11)10-18-15-9-13(16(19)20-2)6-7-14(15)17/h3-9,18H,10H2,1-2H3. The molecule has 0 aliphatic heterocycles. The van der Waals surface area contributed by atoms with Gasteiger partial charge in [0.25, 0.3) is 0 Å². The maximum absolute atomic E-state index is 13.7. The Labute approximate surface area is 117 Å². The number of anilines is 1. The fourth-order valence-corrected chi connectivity index (χ4v) is 1.92. The van der Waals surface area contributed by atoms with Gasteiger partial charge in [-0.15, -0.1) is 0 Å². The van der Waals surface area contributed by atoms with E-state index in [0.717, 1.165) is 11.1 Å². The molecule has 0 radical (unpaired) electrons. The second-order valence-electron chi connectivity index (χ2n) is 4.53. The van der Waals surface area contributed by atoms with Crippen LogP contribution >= 0.6 is 0 Å². The molecule has 0 atom stereocenters. The van der Waals surface area contributed by atoms with Crippen molar-refractivity contribution in [2.75, 3.05) is 12.4 Å². The van der Waals surface area contributed by atoms with Crippen molar-refractivity contribution in [2.45, 2.75) is 13.5 Å². The van der Waals surface area contributed by atoms with Crippen LogP contribution < -0.4 is 5.32 Å². The lowest BCUT2D eigenvalue weighted by Gasteiger charge is -2.09. The lowest BCUT2D eigenvalue weighted by atomic mass is 10.1. The Bertz CT molecular complexity index is 626. The number of methoxy groups -OCH3 is 1. The predicted molar refractivity (Wildman–Crippen MR) is 76.2 cm³/mol. The smallest absolute Gasteiger partial charge is 0.337 e. The second kappa shape index (κ2) is 6.19. The van der Waals surface area contributed by atoms with Crippen LogP contribution in [-0.2, 0) is 11.3 Å². The summed E-state index contributed by atoms with van der Waals surface area (Å²) in [7, 11) is 1.30. The third-order valence-corrected chi connectivity index (χ3v) is 2.95. The Hall–Kier alpha value is -2.36. The van der Waals surface area contributed by atoms with E-state index in [-0.39, 0.29) is 5.69 Å². The molecule has 0 amide bonds. The second-order valence-corrected chi connectivity index (χ2v) is 4.53. The monoisotopic (exact) mass is 273 g/mol. The van der Waals surface area contributed by atoms with Crippen LogP contribution in [0.2, 0.25) is 0 Å². The number of ether oxygens (including phenoxy) is 1. The summed E-state index contributed by atoms with van der Waals surface area (Å²) in [6.07, 6.45) is 0. The topological polar surface area (TPSA) is 38.3 Å². The Morgan fingerprint density at radius 1 is 1.25 bits per heavy atom. The van der Waals surface area contributed by atoms with E-state index in [2.05, 4.69) is 10.1 Å².